The smallest absolute Gasteiger partial charge is 0.233 e. The maximum Gasteiger partial charge on any atom is 0.233 e. The van der Waals surface area contributed by atoms with Gasteiger partial charge in [-0.3, -0.25) is 9.69 Å². The van der Waals surface area contributed by atoms with E-state index in [0.717, 1.165) is 46.4 Å². The Bertz CT molecular complexity index is 1030. The Morgan fingerprint density at radius 1 is 1.28 bits per heavy atom. The van der Waals surface area contributed by atoms with Crippen LogP contribution in [0.25, 0.3) is 10.2 Å². The summed E-state index contributed by atoms with van der Waals surface area (Å²) >= 11 is 7.83. The molecular weight excluding hydrogens is 404 g/mol. The third kappa shape index (κ3) is 4.32. The number of nitrogens with zero attached hydrogens (tertiary/aromatic N) is 2. The molecule has 1 saturated heterocycles. The van der Waals surface area contributed by atoms with E-state index in [-0.39, 0.29) is 12.0 Å². The summed E-state index contributed by atoms with van der Waals surface area (Å²) in [5, 5.41) is 1.30. The van der Waals surface area contributed by atoms with Crippen molar-refractivity contribution in [1.82, 2.24) is 4.98 Å². The maximum atomic E-state index is 13.5. The first kappa shape index (κ1) is 20.3. The zero-order valence-electron chi connectivity index (χ0n) is 17.0. The Morgan fingerprint density at radius 3 is 2.69 bits per heavy atom. The minimum Gasteiger partial charge on any atom is -0.376 e. The number of ether oxygens (including phenoxy) is 1. The zero-order valence-corrected chi connectivity index (χ0v) is 18.6. The number of para-hydroxylation sites is 1. The van der Waals surface area contributed by atoms with E-state index < -0.39 is 0 Å². The molecule has 4 rings (SSSR count). The first-order chi connectivity index (χ1) is 13.9. The highest BCUT2D eigenvalue weighted by atomic mass is 35.5. The number of amides is 1. The number of anilines is 1. The quantitative estimate of drug-likeness (QED) is 0.528. The van der Waals surface area contributed by atoms with Crippen LogP contribution >= 0.6 is 22.9 Å². The highest BCUT2D eigenvalue weighted by Crippen LogP contribution is 2.34. The van der Waals surface area contributed by atoms with Gasteiger partial charge in [0, 0.05) is 6.61 Å². The summed E-state index contributed by atoms with van der Waals surface area (Å²) in [6.45, 7) is 7.52. The van der Waals surface area contributed by atoms with Crippen molar-refractivity contribution < 1.29 is 9.53 Å². The van der Waals surface area contributed by atoms with Crippen LogP contribution in [-0.2, 0) is 16.0 Å². The van der Waals surface area contributed by atoms with Crippen LogP contribution in [0.3, 0.4) is 0 Å². The van der Waals surface area contributed by atoms with Crippen LogP contribution in [-0.4, -0.2) is 30.1 Å². The van der Waals surface area contributed by atoms with Gasteiger partial charge in [-0.25, -0.2) is 4.98 Å². The molecule has 0 radical (unpaired) electrons. The summed E-state index contributed by atoms with van der Waals surface area (Å²) in [6, 6.07) is 10.0. The number of aryl methyl sites for hydroxylation is 3. The fraction of sp³-hybridized carbons (Fsp3) is 0.391. The first-order valence-corrected chi connectivity index (χ1v) is 11.2. The normalized spacial score (nSPS) is 16.5. The molecule has 0 N–H and O–H groups in total. The fourth-order valence-electron chi connectivity index (χ4n) is 4.03. The van der Waals surface area contributed by atoms with Crippen molar-refractivity contribution in [2.75, 3.05) is 18.1 Å². The van der Waals surface area contributed by atoms with Gasteiger partial charge < -0.3 is 4.74 Å². The number of carbonyl (C=O) groups excluding carboxylic acids is 1. The molecule has 6 heteroatoms. The summed E-state index contributed by atoms with van der Waals surface area (Å²) < 4.78 is 6.81. The highest BCUT2D eigenvalue weighted by molar-refractivity contribution is 7.22. The second-order valence-corrected chi connectivity index (χ2v) is 9.19. The van der Waals surface area contributed by atoms with Crippen LogP contribution in [0, 0.1) is 20.8 Å². The van der Waals surface area contributed by atoms with Gasteiger partial charge in [-0.05, 0) is 62.4 Å². The van der Waals surface area contributed by atoms with Crippen molar-refractivity contribution in [3.63, 3.8) is 0 Å². The van der Waals surface area contributed by atoms with Gasteiger partial charge in [-0.1, -0.05) is 46.7 Å². The average Bonchev–Trinajstić information content (AvgIpc) is 3.32. The molecule has 1 unspecified atom stereocenters. The molecule has 1 fully saturated rings. The Hall–Kier alpha value is -1.95. The van der Waals surface area contributed by atoms with Crippen molar-refractivity contribution in [2.24, 2.45) is 0 Å². The lowest BCUT2D eigenvalue weighted by Crippen LogP contribution is -2.38. The van der Waals surface area contributed by atoms with Gasteiger partial charge in [-0.15, -0.1) is 0 Å². The molecule has 2 heterocycles. The minimum absolute atomic E-state index is 0.0470. The van der Waals surface area contributed by atoms with Crippen LogP contribution < -0.4 is 4.90 Å². The molecule has 3 aromatic rings. The number of halogens is 1. The van der Waals surface area contributed by atoms with Crippen molar-refractivity contribution in [3.05, 3.63) is 57.6 Å². The molecule has 0 saturated carbocycles. The van der Waals surface area contributed by atoms with Crippen LogP contribution in [0.15, 0.2) is 30.3 Å². The fourth-order valence-corrected chi connectivity index (χ4v) is 5.32. The molecule has 2 aromatic carbocycles. The van der Waals surface area contributed by atoms with Gasteiger partial charge in [0.1, 0.15) is 5.52 Å². The number of hydrogen-bond acceptors (Lipinski definition) is 4. The van der Waals surface area contributed by atoms with E-state index >= 15 is 0 Å². The average molecular weight is 429 g/mol. The van der Waals surface area contributed by atoms with Gasteiger partial charge in [0.05, 0.1) is 28.8 Å². The lowest BCUT2D eigenvalue weighted by molar-refractivity contribution is -0.118. The van der Waals surface area contributed by atoms with E-state index in [2.05, 4.69) is 32.9 Å². The van der Waals surface area contributed by atoms with E-state index in [9.17, 15) is 4.79 Å². The van der Waals surface area contributed by atoms with Gasteiger partial charge in [-0.2, -0.15) is 0 Å². The maximum absolute atomic E-state index is 13.5. The number of fused-ring (bicyclic) bond motifs is 1. The summed E-state index contributed by atoms with van der Waals surface area (Å²) in [5.74, 6) is 0.0470. The number of rotatable bonds is 5. The molecule has 0 aliphatic carbocycles. The number of hydrogen-bond donors (Lipinski definition) is 0. The van der Waals surface area contributed by atoms with Crippen molar-refractivity contribution >= 4 is 44.2 Å². The van der Waals surface area contributed by atoms with Crippen LogP contribution in [0.5, 0.6) is 0 Å². The van der Waals surface area contributed by atoms with Gasteiger partial charge in [0.25, 0.3) is 0 Å². The van der Waals surface area contributed by atoms with E-state index in [4.69, 9.17) is 21.3 Å². The third-order valence-corrected chi connectivity index (χ3v) is 6.82. The summed E-state index contributed by atoms with van der Waals surface area (Å²) in [7, 11) is 0. The highest BCUT2D eigenvalue weighted by Gasteiger charge is 2.27. The molecule has 1 aromatic heterocycles. The molecule has 1 aliphatic rings. The lowest BCUT2D eigenvalue weighted by atomic mass is 9.97. The summed E-state index contributed by atoms with van der Waals surface area (Å²) in [6.07, 6.45) is 2.42. The zero-order chi connectivity index (χ0) is 20.5. The molecular formula is C23H25ClN2O2S. The molecule has 29 heavy (non-hydrogen) atoms. The standard InChI is InChI=1S/C23H25ClN2O2S/c1-14-10-15(2)18(16(3)11-14)12-21(27)26(13-17-6-5-9-28-17)23-25-22-19(24)7-4-8-20(22)29-23/h4,7-8,10-11,17H,5-6,9,12-13H2,1-3H3. The monoisotopic (exact) mass is 428 g/mol. The predicted molar refractivity (Wildman–Crippen MR) is 120 cm³/mol. The number of aromatic nitrogens is 1. The van der Waals surface area contributed by atoms with Crippen LogP contribution in [0.2, 0.25) is 5.02 Å². The Labute approximate surface area is 180 Å². The van der Waals surface area contributed by atoms with Crippen molar-refractivity contribution in [3.8, 4) is 0 Å². The topological polar surface area (TPSA) is 42.4 Å². The van der Waals surface area contributed by atoms with Crippen molar-refractivity contribution in [1.29, 1.82) is 0 Å². The molecule has 1 atom stereocenters. The van der Waals surface area contributed by atoms with E-state index in [0.29, 0.717) is 23.1 Å². The summed E-state index contributed by atoms with van der Waals surface area (Å²) in [4.78, 5) is 20.0. The second kappa shape index (κ2) is 8.42. The lowest BCUT2D eigenvalue weighted by Gasteiger charge is -2.24. The first-order valence-electron chi connectivity index (χ1n) is 9.96. The van der Waals surface area contributed by atoms with E-state index in [1.807, 2.05) is 18.2 Å². The molecule has 0 bridgehead atoms. The van der Waals surface area contributed by atoms with E-state index in [1.54, 1.807) is 4.90 Å². The number of carbonyl (C=O) groups is 1. The van der Waals surface area contributed by atoms with Gasteiger partial charge in [0.15, 0.2) is 5.13 Å². The molecule has 1 aliphatic heterocycles. The molecule has 1 amide bonds. The van der Waals surface area contributed by atoms with Crippen LogP contribution in [0.1, 0.15) is 35.1 Å². The third-order valence-electron chi connectivity index (χ3n) is 5.47. The number of benzene rings is 2. The Kier molecular flexibility index (Phi) is 5.91. The largest absolute Gasteiger partial charge is 0.376 e. The van der Waals surface area contributed by atoms with Crippen molar-refractivity contribution in [2.45, 2.75) is 46.1 Å². The molecule has 4 nitrogen and oxygen atoms in total. The Morgan fingerprint density at radius 2 is 2.03 bits per heavy atom. The molecule has 0 spiro atoms. The minimum atomic E-state index is 0.0470. The van der Waals surface area contributed by atoms with Gasteiger partial charge in [0.2, 0.25) is 5.91 Å². The molecule has 152 valence electrons. The Balaban J connectivity index is 1.68. The second-order valence-electron chi connectivity index (χ2n) is 7.78. The summed E-state index contributed by atoms with van der Waals surface area (Å²) in [5.41, 5.74) is 5.37. The van der Waals surface area contributed by atoms with Gasteiger partial charge >= 0.3 is 0 Å². The van der Waals surface area contributed by atoms with E-state index in [1.165, 1.54) is 16.9 Å². The van der Waals surface area contributed by atoms with Crippen LogP contribution in [0.4, 0.5) is 5.13 Å². The predicted octanol–water partition coefficient (Wildman–Crippen LogP) is 5.63. The SMILES string of the molecule is Cc1cc(C)c(CC(=O)N(CC2CCCO2)c2nc3c(Cl)cccc3s2)c(C)c1. The number of thiazole rings is 1.